The van der Waals surface area contributed by atoms with E-state index in [-0.39, 0.29) is 11.5 Å². The summed E-state index contributed by atoms with van der Waals surface area (Å²) < 4.78 is 1.42. The van der Waals surface area contributed by atoms with Crippen molar-refractivity contribution in [1.29, 1.82) is 0 Å². The Morgan fingerprint density at radius 2 is 1.83 bits per heavy atom. The van der Waals surface area contributed by atoms with Crippen molar-refractivity contribution < 1.29 is 4.79 Å². The van der Waals surface area contributed by atoms with Crippen LogP contribution in [0.25, 0.3) is 0 Å². The van der Waals surface area contributed by atoms with Gasteiger partial charge in [-0.2, -0.15) is 0 Å². The van der Waals surface area contributed by atoms with E-state index in [1.807, 2.05) is 31.2 Å². The lowest BCUT2D eigenvalue weighted by molar-refractivity contribution is 0.102. The third-order valence-electron chi connectivity index (χ3n) is 2.68. The van der Waals surface area contributed by atoms with Gasteiger partial charge in [0.2, 0.25) is 0 Å². The summed E-state index contributed by atoms with van der Waals surface area (Å²) in [6.07, 6.45) is 1.58. The maximum atomic E-state index is 11.9. The zero-order valence-corrected chi connectivity index (χ0v) is 10.3. The summed E-state index contributed by atoms with van der Waals surface area (Å²) in [6, 6.07) is 10.4. The molecule has 0 aliphatic rings. The molecular weight excluding hydrogens is 228 g/mol. The molecule has 0 aliphatic heterocycles. The predicted molar refractivity (Wildman–Crippen MR) is 70.8 cm³/mol. The van der Waals surface area contributed by atoms with Crippen LogP contribution in [-0.2, 0) is 7.05 Å². The van der Waals surface area contributed by atoms with Crippen LogP contribution in [0.4, 0.5) is 5.69 Å². The molecule has 2 rings (SSSR count). The van der Waals surface area contributed by atoms with Crippen molar-refractivity contribution in [2.75, 3.05) is 5.32 Å². The lowest BCUT2D eigenvalue weighted by Crippen LogP contribution is -2.19. The molecule has 4 heteroatoms. The van der Waals surface area contributed by atoms with Crippen molar-refractivity contribution in [2.24, 2.45) is 7.05 Å². The summed E-state index contributed by atoms with van der Waals surface area (Å²) in [7, 11) is 1.64. The van der Waals surface area contributed by atoms with Crippen LogP contribution in [0.5, 0.6) is 0 Å². The highest BCUT2D eigenvalue weighted by molar-refractivity contribution is 6.04. The highest BCUT2D eigenvalue weighted by atomic mass is 16.2. The third-order valence-corrected chi connectivity index (χ3v) is 2.68. The number of benzene rings is 1. The van der Waals surface area contributed by atoms with Crippen molar-refractivity contribution in [3.8, 4) is 0 Å². The molecular formula is C14H14N2O2. The normalized spacial score (nSPS) is 10.1. The van der Waals surface area contributed by atoms with Gasteiger partial charge in [-0.1, -0.05) is 17.7 Å². The minimum absolute atomic E-state index is 0.202. The van der Waals surface area contributed by atoms with Gasteiger partial charge in [0.05, 0.1) is 0 Å². The van der Waals surface area contributed by atoms with Gasteiger partial charge in [0.25, 0.3) is 11.5 Å². The van der Waals surface area contributed by atoms with Crippen molar-refractivity contribution in [3.63, 3.8) is 0 Å². The Labute approximate surface area is 105 Å². The number of hydrogen-bond acceptors (Lipinski definition) is 2. The maximum Gasteiger partial charge on any atom is 0.255 e. The number of nitrogens with one attached hydrogen (secondary N) is 1. The number of hydrogen-bond donors (Lipinski definition) is 1. The van der Waals surface area contributed by atoms with Gasteiger partial charge in [-0.15, -0.1) is 0 Å². The second-order valence-electron chi connectivity index (χ2n) is 4.18. The average Bonchev–Trinajstić information content (AvgIpc) is 2.35. The van der Waals surface area contributed by atoms with Gasteiger partial charge >= 0.3 is 0 Å². The molecule has 0 radical (unpaired) electrons. The second kappa shape index (κ2) is 4.87. The van der Waals surface area contributed by atoms with Gasteiger partial charge in [-0.05, 0) is 25.1 Å². The fourth-order valence-corrected chi connectivity index (χ4v) is 1.53. The predicted octanol–water partition coefficient (Wildman–Crippen LogP) is 1.95. The Kier molecular flexibility index (Phi) is 3.28. The minimum atomic E-state index is -0.281. The van der Waals surface area contributed by atoms with E-state index in [9.17, 15) is 9.59 Å². The Bertz CT molecular complexity index is 627. The van der Waals surface area contributed by atoms with E-state index < -0.39 is 0 Å². The molecule has 0 atom stereocenters. The van der Waals surface area contributed by atoms with Gasteiger partial charge in [-0.3, -0.25) is 9.59 Å². The van der Waals surface area contributed by atoms with Gasteiger partial charge in [-0.25, -0.2) is 0 Å². The Morgan fingerprint density at radius 3 is 2.44 bits per heavy atom. The lowest BCUT2D eigenvalue weighted by Gasteiger charge is -2.06. The Hall–Kier alpha value is -2.36. The number of pyridine rings is 1. The Morgan fingerprint density at radius 1 is 1.17 bits per heavy atom. The average molecular weight is 242 g/mol. The molecule has 92 valence electrons. The van der Waals surface area contributed by atoms with Crippen LogP contribution < -0.4 is 10.9 Å². The van der Waals surface area contributed by atoms with Crippen LogP contribution in [0, 0.1) is 6.92 Å². The quantitative estimate of drug-likeness (QED) is 0.875. The standard InChI is InChI=1S/C14H14N2O2/c1-10-3-5-12(6-4-10)15-14(18)11-7-8-16(2)13(17)9-11/h3-9H,1-2H3,(H,15,18). The molecule has 0 saturated heterocycles. The van der Waals surface area contributed by atoms with E-state index in [0.717, 1.165) is 5.56 Å². The van der Waals surface area contributed by atoms with Crippen molar-refractivity contribution >= 4 is 11.6 Å². The minimum Gasteiger partial charge on any atom is -0.322 e. The molecule has 2 aromatic rings. The molecule has 4 nitrogen and oxygen atoms in total. The molecule has 18 heavy (non-hydrogen) atoms. The fraction of sp³-hybridized carbons (Fsp3) is 0.143. The highest BCUT2D eigenvalue weighted by Crippen LogP contribution is 2.10. The van der Waals surface area contributed by atoms with E-state index >= 15 is 0 Å². The largest absolute Gasteiger partial charge is 0.322 e. The van der Waals surface area contributed by atoms with E-state index in [2.05, 4.69) is 5.32 Å². The summed E-state index contributed by atoms with van der Waals surface area (Å²) in [5, 5.41) is 2.75. The summed E-state index contributed by atoms with van der Waals surface area (Å²) in [5.41, 5.74) is 2.00. The highest BCUT2D eigenvalue weighted by Gasteiger charge is 2.06. The number of anilines is 1. The van der Waals surface area contributed by atoms with Crippen molar-refractivity contribution in [2.45, 2.75) is 6.92 Å². The summed E-state index contributed by atoms with van der Waals surface area (Å²) >= 11 is 0. The first-order chi connectivity index (χ1) is 8.56. The lowest BCUT2D eigenvalue weighted by atomic mass is 10.2. The van der Waals surface area contributed by atoms with Gasteiger partial charge in [0, 0.05) is 30.6 Å². The first-order valence-electron chi connectivity index (χ1n) is 5.61. The van der Waals surface area contributed by atoms with Crippen LogP contribution in [0.2, 0.25) is 0 Å². The molecule has 0 unspecified atom stereocenters. The van der Waals surface area contributed by atoms with Gasteiger partial charge in [0.1, 0.15) is 0 Å². The number of carbonyl (C=O) groups excluding carboxylic acids is 1. The number of amides is 1. The van der Waals surface area contributed by atoms with Crippen LogP contribution in [0.1, 0.15) is 15.9 Å². The number of aryl methyl sites for hydroxylation is 2. The molecule has 0 spiro atoms. The van der Waals surface area contributed by atoms with Gasteiger partial charge in [0.15, 0.2) is 0 Å². The van der Waals surface area contributed by atoms with E-state index in [1.54, 1.807) is 19.3 Å². The van der Waals surface area contributed by atoms with E-state index in [0.29, 0.717) is 11.3 Å². The molecule has 1 amide bonds. The molecule has 0 bridgehead atoms. The number of rotatable bonds is 2. The van der Waals surface area contributed by atoms with E-state index in [1.165, 1.54) is 10.6 Å². The molecule has 1 heterocycles. The SMILES string of the molecule is Cc1ccc(NC(=O)c2ccn(C)c(=O)c2)cc1. The van der Waals surface area contributed by atoms with Crippen LogP contribution in [0.3, 0.4) is 0 Å². The molecule has 1 N–H and O–H groups in total. The van der Waals surface area contributed by atoms with Gasteiger partial charge < -0.3 is 9.88 Å². The summed E-state index contributed by atoms with van der Waals surface area (Å²) in [4.78, 5) is 23.3. The van der Waals surface area contributed by atoms with E-state index in [4.69, 9.17) is 0 Å². The van der Waals surface area contributed by atoms with Crippen LogP contribution in [-0.4, -0.2) is 10.5 Å². The molecule has 0 saturated carbocycles. The fourth-order valence-electron chi connectivity index (χ4n) is 1.53. The van der Waals surface area contributed by atoms with Crippen molar-refractivity contribution in [1.82, 2.24) is 4.57 Å². The summed E-state index contributed by atoms with van der Waals surface area (Å²) in [6.45, 7) is 1.98. The molecule has 1 aromatic carbocycles. The first-order valence-corrected chi connectivity index (χ1v) is 5.61. The molecule has 0 fully saturated rings. The second-order valence-corrected chi connectivity index (χ2v) is 4.18. The first kappa shape index (κ1) is 12.1. The number of aromatic nitrogens is 1. The number of carbonyl (C=O) groups is 1. The zero-order valence-electron chi connectivity index (χ0n) is 10.3. The topological polar surface area (TPSA) is 51.1 Å². The maximum absolute atomic E-state index is 11.9. The monoisotopic (exact) mass is 242 g/mol. The van der Waals surface area contributed by atoms with Crippen LogP contribution >= 0.6 is 0 Å². The smallest absolute Gasteiger partial charge is 0.255 e. The molecule has 1 aromatic heterocycles. The number of nitrogens with zero attached hydrogens (tertiary/aromatic N) is 1. The Balaban J connectivity index is 2.19. The molecule has 0 aliphatic carbocycles. The summed E-state index contributed by atoms with van der Waals surface area (Å²) in [5.74, 6) is -0.281. The zero-order chi connectivity index (χ0) is 13.1. The van der Waals surface area contributed by atoms with Crippen LogP contribution in [0.15, 0.2) is 47.4 Å². The third kappa shape index (κ3) is 2.66. The van der Waals surface area contributed by atoms with Crippen molar-refractivity contribution in [3.05, 3.63) is 64.1 Å².